The lowest BCUT2D eigenvalue weighted by molar-refractivity contribution is -0.118. The minimum Gasteiger partial charge on any atom is -0.449 e. The van der Waals surface area contributed by atoms with Crippen LogP contribution < -0.4 is 10.6 Å². The van der Waals surface area contributed by atoms with Crippen molar-refractivity contribution in [3.8, 4) is 0 Å². The minimum absolute atomic E-state index is 0.00536. The lowest BCUT2D eigenvalue weighted by Crippen LogP contribution is -2.44. The molecule has 0 bridgehead atoms. The summed E-state index contributed by atoms with van der Waals surface area (Å²) in [6, 6.07) is 3.34. The molecule has 0 spiro atoms. The minimum atomic E-state index is -1.02. The van der Waals surface area contributed by atoms with Crippen LogP contribution in [0.2, 0.25) is 0 Å². The molecule has 3 N–H and O–H groups in total. The van der Waals surface area contributed by atoms with Crippen LogP contribution in [0.25, 0.3) is 0 Å². The molecule has 0 unspecified atom stereocenters. The third-order valence-corrected chi connectivity index (χ3v) is 3.43. The molecule has 1 aromatic rings. The largest absolute Gasteiger partial charge is 0.449 e. The van der Waals surface area contributed by atoms with Gasteiger partial charge >= 0.3 is 6.09 Å². The van der Waals surface area contributed by atoms with Gasteiger partial charge in [0.1, 0.15) is 11.9 Å². The van der Waals surface area contributed by atoms with Crippen LogP contribution in [-0.2, 0) is 9.53 Å². The van der Waals surface area contributed by atoms with Gasteiger partial charge in [0.05, 0.1) is 12.3 Å². The van der Waals surface area contributed by atoms with Crippen molar-refractivity contribution in [3.05, 3.63) is 27.6 Å². The molecule has 1 atom stereocenters. The summed E-state index contributed by atoms with van der Waals surface area (Å²) in [7, 11) is 0. The molecule has 2 amide bonds. The molecule has 23 heavy (non-hydrogen) atoms. The van der Waals surface area contributed by atoms with Gasteiger partial charge in [0.2, 0.25) is 5.91 Å². The summed E-state index contributed by atoms with van der Waals surface area (Å²) in [5.74, 6) is -1.04. The topological polar surface area (TPSA) is 87.7 Å². The molecule has 0 saturated heterocycles. The van der Waals surface area contributed by atoms with Gasteiger partial charge in [0.15, 0.2) is 0 Å². The molecule has 0 aliphatic heterocycles. The Labute approximate surface area is 147 Å². The van der Waals surface area contributed by atoms with E-state index in [1.165, 1.54) is 12.1 Å². The summed E-state index contributed by atoms with van der Waals surface area (Å²) < 4.78 is 19.4. The normalized spacial score (nSPS) is 11.9. The number of ether oxygens (including phenoxy) is 1. The molecule has 0 saturated carbocycles. The van der Waals surface area contributed by atoms with E-state index in [-0.39, 0.29) is 31.2 Å². The van der Waals surface area contributed by atoms with Crippen LogP contribution in [0.1, 0.15) is 20.3 Å². The molecule has 0 heterocycles. The van der Waals surface area contributed by atoms with Gasteiger partial charge in [-0.15, -0.1) is 0 Å². The number of alkyl carbamates (subject to hydrolysis) is 1. The zero-order valence-electron chi connectivity index (χ0n) is 12.9. The molecule has 0 aliphatic rings. The van der Waals surface area contributed by atoms with Crippen LogP contribution >= 0.6 is 22.6 Å². The third-order valence-electron chi connectivity index (χ3n) is 2.76. The number of aliphatic hydroxyl groups excluding tert-OH is 1. The summed E-state index contributed by atoms with van der Waals surface area (Å²) in [6.45, 7) is 3.66. The zero-order valence-corrected chi connectivity index (χ0v) is 15.1. The molecule has 1 rings (SSSR count). The summed E-state index contributed by atoms with van der Waals surface area (Å²) in [6.07, 6.45) is -0.760. The molecular formula is C15H20FIN2O4. The van der Waals surface area contributed by atoms with Crippen molar-refractivity contribution in [1.29, 1.82) is 0 Å². The number of nitrogens with one attached hydrogen (secondary N) is 2. The summed E-state index contributed by atoms with van der Waals surface area (Å²) in [5, 5.41) is 13.8. The van der Waals surface area contributed by atoms with Gasteiger partial charge in [-0.05, 0) is 53.1 Å². The third kappa shape index (κ3) is 7.12. The maximum atomic E-state index is 13.8. The molecule has 0 fully saturated rings. The fraction of sp³-hybridized carbons (Fsp3) is 0.467. The number of hydrogen-bond donors (Lipinski definition) is 3. The molecule has 0 radical (unpaired) electrons. The van der Waals surface area contributed by atoms with Gasteiger partial charge < -0.3 is 20.5 Å². The van der Waals surface area contributed by atoms with Crippen molar-refractivity contribution in [2.24, 2.45) is 5.92 Å². The number of rotatable bonds is 7. The van der Waals surface area contributed by atoms with Crippen LogP contribution in [0.5, 0.6) is 0 Å². The lowest BCUT2D eigenvalue weighted by Gasteiger charge is -2.18. The summed E-state index contributed by atoms with van der Waals surface area (Å²) in [4.78, 5) is 23.8. The number of hydrogen-bond acceptors (Lipinski definition) is 4. The van der Waals surface area contributed by atoms with Gasteiger partial charge in [-0.25, -0.2) is 9.18 Å². The van der Waals surface area contributed by atoms with Gasteiger partial charge in [0, 0.05) is 10.2 Å². The van der Waals surface area contributed by atoms with E-state index in [4.69, 9.17) is 9.84 Å². The molecule has 128 valence electrons. The smallest absolute Gasteiger partial charge is 0.407 e. The van der Waals surface area contributed by atoms with E-state index in [1.54, 1.807) is 6.07 Å². The van der Waals surface area contributed by atoms with Gasteiger partial charge in [-0.1, -0.05) is 13.8 Å². The standard InChI is InChI=1S/C15H20FIN2O4/c1-9(2)8-23-15(22)19-13(5-6-20)14(21)18-12-4-3-10(17)7-11(12)16/h3-4,7,9,13,20H,5-6,8H2,1-2H3,(H,18,21)(H,19,22)/t13-/m0/s1. The Morgan fingerprint density at radius 1 is 1.39 bits per heavy atom. The first kappa shape index (κ1) is 19.6. The van der Waals surface area contributed by atoms with E-state index in [0.29, 0.717) is 3.57 Å². The van der Waals surface area contributed by atoms with Crippen molar-refractivity contribution in [2.45, 2.75) is 26.3 Å². The second-order valence-electron chi connectivity index (χ2n) is 5.31. The second kappa shape index (κ2) is 9.66. The average molecular weight is 438 g/mol. The summed E-state index contributed by atoms with van der Waals surface area (Å²) >= 11 is 1.95. The van der Waals surface area contributed by atoms with E-state index in [0.717, 1.165) is 0 Å². The number of amides is 2. The Balaban J connectivity index is 2.68. The van der Waals surface area contributed by atoms with E-state index in [9.17, 15) is 14.0 Å². The number of anilines is 1. The predicted octanol–water partition coefficient (Wildman–Crippen LogP) is 2.50. The molecule has 0 aromatic heterocycles. The fourth-order valence-electron chi connectivity index (χ4n) is 1.63. The van der Waals surface area contributed by atoms with E-state index in [2.05, 4.69) is 10.6 Å². The maximum Gasteiger partial charge on any atom is 0.407 e. The van der Waals surface area contributed by atoms with Crippen molar-refractivity contribution >= 4 is 40.3 Å². The molecule has 0 aliphatic carbocycles. The predicted molar refractivity (Wildman–Crippen MR) is 92.6 cm³/mol. The van der Waals surface area contributed by atoms with Crippen LogP contribution in [0.3, 0.4) is 0 Å². The Morgan fingerprint density at radius 3 is 2.65 bits per heavy atom. The Kier molecular flexibility index (Phi) is 8.24. The maximum absolute atomic E-state index is 13.8. The van der Waals surface area contributed by atoms with Crippen LogP contribution in [0.4, 0.5) is 14.9 Å². The molecular weight excluding hydrogens is 418 g/mol. The Morgan fingerprint density at radius 2 is 2.09 bits per heavy atom. The fourth-order valence-corrected chi connectivity index (χ4v) is 2.09. The first-order valence-electron chi connectivity index (χ1n) is 7.13. The monoisotopic (exact) mass is 438 g/mol. The molecule has 8 heteroatoms. The molecule has 6 nitrogen and oxygen atoms in total. The Hall–Kier alpha value is -1.42. The highest BCUT2D eigenvalue weighted by atomic mass is 127. The first-order valence-corrected chi connectivity index (χ1v) is 8.21. The van der Waals surface area contributed by atoms with Gasteiger partial charge in [-0.3, -0.25) is 4.79 Å². The van der Waals surface area contributed by atoms with Crippen LogP contribution in [0, 0.1) is 15.3 Å². The van der Waals surface area contributed by atoms with E-state index in [1.807, 2.05) is 36.4 Å². The van der Waals surface area contributed by atoms with Crippen molar-refractivity contribution in [2.75, 3.05) is 18.5 Å². The first-order chi connectivity index (χ1) is 10.8. The van der Waals surface area contributed by atoms with Gasteiger partial charge in [-0.2, -0.15) is 0 Å². The number of halogens is 2. The second-order valence-corrected chi connectivity index (χ2v) is 6.56. The van der Waals surface area contributed by atoms with E-state index < -0.39 is 23.9 Å². The number of benzene rings is 1. The average Bonchev–Trinajstić information content (AvgIpc) is 2.47. The highest BCUT2D eigenvalue weighted by Crippen LogP contribution is 2.17. The van der Waals surface area contributed by atoms with Crippen LogP contribution in [-0.4, -0.2) is 36.4 Å². The number of carbonyl (C=O) groups is 2. The van der Waals surface area contributed by atoms with Crippen LogP contribution in [0.15, 0.2) is 18.2 Å². The molecule has 1 aromatic carbocycles. The number of carbonyl (C=O) groups excluding carboxylic acids is 2. The van der Waals surface area contributed by atoms with E-state index >= 15 is 0 Å². The summed E-state index contributed by atoms with van der Waals surface area (Å²) in [5.41, 5.74) is 0.00991. The lowest BCUT2D eigenvalue weighted by atomic mass is 10.2. The van der Waals surface area contributed by atoms with Crippen molar-refractivity contribution < 1.29 is 23.8 Å². The zero-order chi connectivity index (χ0) is 17.4. The highest BCUT2D eigenvalue weighted by Gasteiger charge is 2.22. The number of aliphatic hydroxyl groups is 1. The van der Waals surface area contributed by atoms with Gasteiger partial charge in [0.25, 0.3) is 0 Å². The SMILES string of the molecule is CC(C)COC(=O)N[C@@H](CCO)C(=O)Nc1ccc(I)cc1F. The Bertz CT molecular complexity index is 554. The highest BCUT2D eigenvalue weighted by molar-refractivity contribution is 14.1. The van der Waals surface area contributed by atoms with Crippen molar-refractivity contribution in [1.82, 2.24) is 5.32 Å². The quantitative estimate of drug-likeness (QED) is 0.571. The van der Waals surface area contributed by atoms with Crippen molar-refractivity contribution in [3.63, 3.8) is 0 Å².